The highest BCUT2D eigenvalue weighted by atomic mass is 32.1. The molecule has 166 valence electrons. The summed E-state index contributed by atoms with van der Waals surface area (Å²) in [7, 11) is 0. The molecule has 0 spiro atoms. The Hall–Kier alpha value is -3.49. The summed E-state index contributed by atoms with van der Waals surface area (Å²) in [4.78, 5) is 32.7. The molecule has 0 bridgehead atoms. The Balaban J connectivity index is 1.58. The van der Waals surface area contributed by atoms with E-state index in [1.807, 2.05) is 66.9 Å². The summed E-state index contributed by atoms with van der Waals surface area (Å²) in [6.07, 6.45) is 1.72. The third kappa shape index (κ3) is 4.15. The third-order valence-corrected chi connectivity index (χ3v) is 7.21. The number of thiophene rings is 1. The van der Waals surface area contributed by atoms with Gasteiger partial charge in [0.2, 0.25) is 0 Å². The van der Waals surface area contributed by atoms with Crippen LogP contribution in [0.1, 0.15) is 34.9 Å². The highest BCUT2D eigenvalue weighted by Crippen LogP contribution is 2.33. The van der Waals surface area contributed by atoms with E-state index >= 15 is 0 Å². The fourth-order valence-corrected chi connectivity index (χ4v) is 5.61. The minimum Gasteiger partial charge on any atom is -0.462 e. The van der Waals surface area contributed by atoms with E-state index in [4.69, 9.17) is 9.15 Å². The van der Waals surface area contributed by atoms with Gasteiger partial charge in [-0.05, 0) is 43.0 Å². The lowest BCUT2D eigenvalue weighted by atomic mass is 10.0. The Morgan fingerprint density at radius 2 is 1.97 bits per heavy atom. The average Bonchev–Trinajstić information content (AvgIpc) is 3.54. The molecule has 0 saturated carbocycles. The molecule has 0 fully saturated rings. The summed E-state index contributed by atoms with van der Waals surface area (Å²) in [5, 5.41) is 1.93. The SMILES string of the molecule is CC1=C(C(=O)OCc2ccccc2)C(c2cccs2)n2c(s/c(=C/c3ccc(C)o3)c2=O)=N1. The number of rotatable bonds is 5. The molecule has 4 aromatic rings. The van der Waals surface area contributed by atoms with E-state index < -0.39 is 12.0 Å². The Labute approximate surface area is 197 Å². The monoisotopic (exact) mass is 476 g/mol. The van der Waals surface area contributed by atoms with Crippen LogP contribution in [0.5, 0.6) is 0 Å². The van der Waals surface area contributed by atoms with Gasteiger partial charge in [0.05, 0.1) is 15.8 Å². The number of fused-ring (bicyclic) bond motifs is 1. The zero-order chi connectivity index (χ0) is 22.9. The van der Waals surface area contributed by atoms with Gasteiger partial charge in [0.1, 0.15) is 24.2 Å². The lowest BCUT2D eigenvalue weighted by Gasteiger charge is -2.23. The molecule has 5 rings (SSSR count). The lowest BCUT2D eigenvalue weighted by molar-refractivity contribution is -0.140. The standard InChI is InChI=1S/C25H20N2O4S2/c1-15-10-11-18(31-15)13-20-23(28)27-22(19-9-6-12-32-19)21(16(2)26-25(27)33-20)24(29)30-14-17-7-4-3-5-8-17/h3-13,22H,14H2,1-2H3/b20-13+. The number of allylic oxidation sites excluding steroid dienone is 1. The van der Waals surface area contributed by atoms with Gasteiger partial charge in [-0.1, -0.05) is 47.7 Å². The lowest BCUT2D eigenvalue weighted by Crippen LogP contribution is -2.39. The van der Waals surface area contributed by atoms with E-state index in [0.717, 1.165) is 16.2 Å². The van der Waals surface area contributed by atoms with Crippen LogP contribution in [-0.4, -0.2) is 10.5 Å². The molecule has 0 radical (unpaired) electrons. The van der Waals surface area contributed by atoms with E-state index in [9.17, 15) is 9.59 Å². The Bertz CT molecular complexity index is 1520. The van der Waals surface area contributed by atoms with Crippen LogP contribution >= 0.6 is 22.7 Å². The van der Waals surface area contributed by atoms with Gasteiger partial charge in [-0.2, -0.15) is 0 Å². The van der Waals surface area contributed by atoms with E-state index in [0.29, 0.717) is 26.4 Å². The number of carbonyl (C=O) groups excluding carboxylic acids is 1. The molecule has 1 aromatic carbocycles. The van der Waals surface area contributed by atoms with Crippen molar-refractivity contribution in [3.8, 4) is 0 Å². The van der Waals surface area contributed by atoms with Crippen LogP contribution in [0.15, 0.2) is 85.5 Å². The molecule has 0 saturated heterocycles. The summed E-state index contributed by atoms with van der Waals surface area (Å²) in [5.74, 6) is 0.892. The molecule has 1 atom stereocenters. The quantitative estimate of drug-likeness (QED) is 0.409. The van der Waals surface area contributed by atoms with Crippen LogP contribution in [0.3, 0.4) is 0 Å². The van der Waals surface area contributed by atoms with Gasteiger partial charge in [0.25, 0.3) is 5.56 Å². The second kappa shape index (κ2) is 8.80. The van der Waals surface area contributed by atoms with Crippen molar-refractivity contribution in [1.82, 2.24) is 4.57 Å². The van der Waals surface area contributed by atoms with Crippen LogP contribution in [0.2, 0.25) is 0 Å². The average molecular weight is 477 g/mol. The van der Waals surface area contributed by atoms with Crippen molar-refractivity contribution >= 4 is 34.7 Å². The van der Waals surface area contributed by atoms with Crippen molar-refractivity contribution in [1.29, 1.82) is 0 Å². The molecular formula is C25H20N2O4S2. The number of ether oxygens (including phenoxy) is 1. The maximum Gasteiger partial charge on any atom is 0.338 e. The van der Waals surface area contributed by atoms with E-state index in [1.165, 1.54) is 22.7 Å². The molecule has 0 N–H and O–H groups in total. The highest BCUT2D eigenvalue weighted by molar-refractivity contribution is 7.10. The first-order valence-electron chi connectivity index (χ1n) is 10.3. The minimum absolute atomic E-state index is 0.149. The zero-order valence-electron chi connectivity index (χ0n) is 18.0. The van der Waals surface area contributed by atoms with Crippen LogP contribution in [0.4, 0.5) is 0 Å². The number of hydrogen-bond acceptors (Lipinski definition) is 7. The van der Waals surface area contributed by atoms with Crippen molar-refractivity contribution in [2.45, 2.75) is 26.5 Å². The van der Waals surface area contributed by atoms with Gasteiger partial charge in [-0.3, -0.25) is 9.36 Å². The molecule has 33 heavy (non-hydrogen) atoms. The van der Waals surface area contributed by atoms with E-state index in [-0.39, 0.29) is 12.2 Å². The van der Waals surface area contributed by atoms with Crippen molar-refractivity contribution in [2.75, 3.05) is 0 Å². The van der Waals surface area contributed by atoms with Gasteiger partial charge >= 0.3 is 5.97 Å². The van der Waals surface area contributed by atoms with Crippen molar-refractivity contribution < 1.29 is 13.9 Å². The van der Waals surface area contributed by atoms with E-state index in [2.05, 4.69) is 4.99 Å². The van der Waals surface area contributed by atoms with Gasteiger partial charge in [0.15, 0.2) is 4.80 Å². The van der Waals surface area contributed by atoms with Crippen molar-refractivity contribution in [2.24, 2.45) is 4.99 Å². The van der Waals surface area contributed by atoms with Crippen LogP contribution in [0.25, 0.3) is 6.08 Å². The first-order valence-corrected chi connectivity index (χ1v) is 12.0. The number of esters is 1. The maximum absolute atomic E-state index is 13.5. The van der Waals surface area contributed by atoms with Crippen molar-refractivity contribution in [3.05, 3.63) is 113 Å². The molecule has 1 aliphatic heterocycles. The second-order valence-corrected chi connectivity index (χ2v) is 9.60. The molecule has 4 heterocycles. The Morgan fingerprint density at radius 3 is 2.67 bits per heavy atom. The molecule has 1 aliphatic rings. The zero-order valence-corrected chi connectivity index (χ0v) is 19.6. The number of carbonyl (C=O) groups is 1. The topological polar surface area (TPSA) is 73.8 Å². The summed E-state index contributed by atoms with van der Waals surface area (Å²) in [5.41, 5.74) is 1.60. The van der Waals surface area contributed by atoms with Crippen molar-refractivity contribution in [3.63, 3.8) is 0 Å². The number of nitrogens with zero attached hydrogens (tertiary/aromatic N) is 2. The molecule has 0 amide bonds. The first-order chi connectivity index (χ1) is 16.0. The van der Waals surface area contributed by atoms with Gasteiger partial charge < -0.3 is 9.15 Å². The first kappa shape index (κ1) is 21.4. The number of benzene rings is 1. The molecular weight excluding hydrogens is 456 g/mol. The van der Waals surface area contributed by atoms with Crippen LogP contribution in [-0.2, 0) is 16.1 Å². The summed E-state index contributed by atoms with van der Waals surface area (Å²) < 4.78 is 13.3. The molecule has 8 heteroatoms. The molecule has 0 aliphatic carbocycles. The smallest absolute Gasteiger partial charge is 0.338 e. The molecule has 3 aromatic heterocycles. The fourth-order valence-electron chi connectivity index (χ4n) is 3.76. The molecule has 6 nitrogen and oxygen atoms in total. The number of aromatic nitrogens is 1. The normalized spacial score (nSPS) is 15.9. The second-order valence-electron chi connectivity index (χ2n) is 7.61. The number of thiazole rings is 1. The minimum atomic E-state index is -0.593. The maximum atomic E-state index is 13.5. The fraction of sp³-hybridized carbons (Fsp3) is 0.160. The Morgan fingerprint density at radius 1 is 1.15 bits per heavy atom. The largest absolute Gasteiger partial charge is 0.462 e. The predicted molar refractivity (Wildman–Crippen MR) is 128 cm³/mol. The summed E-state index contributed by atoms with van der Waals surface area (Å²) >= 11 is 2.77. The molecule has 1 unspecified atom stereocenters. The number of hydrogen-bond donors (Lipinski definition) is 0. The third-order valence-electron chi connectivity index (χ3n) is 5.30. The highest BCUT2D eigenvalue weighted by Gasteiger charge is 2.34. The number of furan rings is 1. The van der Waals surface area contributed by atoms with Gasteiger partial charge in [-0.25, -0.2) is 9.79 Å². The number of aryl methyl sites for hydroxylation is 1. The van der Waals surface area contributed by atoms with E-state index in [1.54, 1.807) is 17.6 Å². The van der Waals surface area contributed by atoms with Crippen LogP contribution < -0.4 is 14.9 Å². The predicted octanol–water partition coefficient (Wildman–Crippen LogP) is 3.94. The summed E-state index contributed by atoms with van der Waals surface area (Å²) in [6.45, 7) is 3.79. The van der Waals surface area contributed by atoms with Crippen LogP contribution in [0, 0.1) is 6.92 Å². The summed E-state index contributed by atoms with van der Waals surface area (Å²) in [6, 6.07) is 16.4. The van der Waals surface area contributed by atoms with Gasteiger partial charge in [-0.15, -0.1) is 11.3 Å². The van der Waals surface area contributed by atoms with Gasteiger partial charge in [0, 0.05) is 11.0 Å². The Kier molecular flexibility index (Phi) is 5.70.